The van der Waals surface area contributed by atoms with E-state index in [9.17, 15) is 5.11 Å². The van der Waals surface area contributed by atoms with E-state index >= 15 is 0 Å². The van der Waals surface area contributed by atoms with Crippen LogP contribution in [-0.4, -0.2) is 31.9 Å². The predicted molar refractivity (Wildman–Crippen MR) is 86.0 cm³/mol. The van der Waals surface area contributed by atoms with E-state index in [1.807, 2.05) is 40.1 Å². The van der Waals surface area contributed by atoms with Crippen molar-refractivity contribution in [2.45, 2.75) is 20.4 Å². The molecule has 0 unspecified atom stereocenters. The molecule has 114 valence electrons. The molecule has 0 atom stereocenters. The molecule has 0 saturated heterocycles. The van der Waals surface area contributed by atoms with Gasteiger partial charge in [-0.25, -0.2) is 9.97 Å². The smallest absolute Gasteiger partial charge is 0.163 e. The van der Waals surface area contributed by atoms with Gasteiger partial charge in [-0.15, -0.1) is 0 Å². The van der Waals surface area contributed by atoms with Crippen LogP contribution in [0.25, 0.3) is 11.0 Å². The monoisotopic (exact) mass is 297 g/mol. The van der Waals surface area contributed by atoms with Gasteiger partial charge in [0.2, 0.25) is 0 Å². The number of aromatic hydroxyl groups is 1. The van der Waals surface area contributed by atoms with Crippen molar-refractivity contribution in [3.05, 3.63) is 41.3 Å². The van der Waals surface area contributed by atoms with Crippen molar-refractivity contribution in [2.24, 2.45) is 7.05 Å². The van der Waals surface area contributed by atoms with Gasteiger partial charge in [0.15, 0.2) is 5.65 Å². The number of nitrogens with zero attached hydrogens (tertiary/aromatic N) is 5. The summed E-state index contributed by atoms with van der Waals surface area (Å²) in [6.07, 6.45) is 0. The quantitative estimate of drug-likeness (QED) is 0.803. The third kappa shape index (κ3) is 2.47. The molecule has 1 N–H and O–H groups in total. The van der Waals surface area contributed by atoms with E-state index in [1.54, 1.807) is 16.8 Å². The van der Waals surface area contributed by atoms with Gasteiger partial charge in [-0.2, -0.15) is 5.10 Å². The van der Waals surface area contributed by atoms with Crippen LogP contribution in [0.15, 0.2) is 24.3 Å². The van der Waals surface area contributed by atoms with Crippen molar-refractivity contribution in [1.82, 2.24) is 19.7 Å². The molecule has 0 saturated carbocycles. The first-order valence-electron chi connectivity index (χ1n) is 7.12. The first kappa shape index (κ1) is 14.3. The summed E-state index contributed by atoms with van der Waals surface area (Å²) in [4.78, 5) is 11.1. The molecule has 0 radical (unpaired) electrons. The minimum absolute atomic E-state index is 0.271. The van der Waals surface area contributed by atoms with Crippen LogP contribution in [0.2, 0.25) is 0 Å². The van der Waals surface area contributed by atoms with Crippen LogP contribution >= 0.6 is 0 Å². The lowest BCUT2D eigenvalue weighted by Gasteiger charge is -2.19. The maximum atomic E-state index is 9.60. The summed E-state index contributed by atoms with van der Waals surface area (Å²) in [5.74, 6) is 1.84. The Kier molecular flexibility index (Phi) is 3.44. The number of hydrogen-bond acceptors (Lipinski definition) is 5. The zero-order valence-electron chi connectivity index (χ0n) is 13.2. The molecular formula is C16H19N5O. The summed E-state index contributed by atoms with van der Waals surface area (Å²) in [7, 11) is 3.87. The van der Waals surface area contributed by atoms with Crippen molar-refractivity contribution in [1.29, 1.82) is 0 Å². The molecule has 22 heavy (non-hydrogen) atoms. The van der Waals surface area contributed by atoms with Gasteiger partial charge in [0, 0.05) is 20.6 Å². The van der Waals surface area contributed by atoms with Crippen LogP contribution in [0.5, 0.6) is 5.75 Å². The van der Waals surface area contributed by atoms with Crippen LogP contribution in [0.1, 0.15) is 17.1 Å². The van der Waals surface area contributed by atoms with E-state index in [1.165, 1.54) is 0 Å². The molecule has 1 aromatic carbocycles. The molecule has 3 rings (SSSR count). The Bertz CT molecular complexity index is 840. The second-order valence-corrected chi connectivity index (χ2v) is 5.53. The molecule has 0 fully saturated rings. The molecule has 2 heterocycles. The van der Waals surface area contributed by atoms with Gasteiger partial charge in [0.25, 0.3) is 0 Å². The van der Waals surface area contributed by atoms with Crippen molar-refractivity contribution in [3.8, 4) is 5.75 Å². The number of phenolic OH excluding ortho intramolecular Hbond substituents is 1. The van der Waals surface area contributed by atoms with E-state index in [0.29, 0.717) is 12.4 Å². The van der Waals surface area contributed by atoms with Crippen molar-refractivity contribution in [3.63, 3.8) is 0 Å². The first-order chi connectivity index (χ1) is 10.5. The van der Waals surface area contributed by atoms with Crippen LogP contribution in [0.3, 0.4) is 0 Å². The Morgan fingerprint density at radius 1 is 1.23 bits per heavy atom. The molecule has 0 aliphatic carbocycles. The maximum Gasteiger partial charge on any atom is 0.163 e. The molecule has 0 aliphatic heterocycles. The van der Waals surface area contributed by atoms with Gasteiger partial charge in [0.05, 0.1) is 11.1 Å². The highest BCUT2D eigenvalue weighted by Crippen LogP contribution is 2.27. The van der Waals surface area contributed by atoms with E-state index < -0.39 is 0 Å². The van der Waals surface area contributed by atoms with Crippen LogP contribution in [0, 0.1) is 13.8 Å². The fraction of sp³-hybridized carbons (Fsp3) is 0.312. The average Bonchev–Trinajstić information content (AvgIpc) is 2.73. The van der Waals surface area contributed by atoms with Gasteiger partial charge in [-0.1, -0.05) is 12.1 Å². The Balaban J connectivity index is 2.05. The normalized spacial score (nSPS) is 11.1. The summed E-state index contributed by atoms with van der Waals surface area (Å²) in [5.41, 5.74) is 2.77. The minimum atomic E-state index is 0.271. The Morgan fingerprint density at radius 3 is 2.73 bits per heavy atom. The van der Waals surface area contributed by atoms with Crippen LogP contribution in [0.4, 0.5) is 5.82 Å². The third-order valence-corrected chi connectivity index (χ3v) is 3.64. The Hall–Kier alpha value is -2.63. The standard InChI is InChI=1S/C16H19N5O/c1-10-14-15(17-11(2)18-16(14)21(4)19-10)20(3)9-12-6-5-7-13(22)8-12/h5-8,22H,9H2,1-4H3. The summed E-state index contributed by atoms with van der Waals surface area (Å²) in [5, 5.41) is 15.0. The van der Waals surface area contributed by atoms with Crippen LogP contribution < -0.4 is 4.90 Å². The number of benzene rings is 1. The van der Waals surface area contributed by atoms with Crippen molar-refractivity contribution >= 4 is 16.9 Å². The lowest BCUT2D eigenvalue weighted by molar-refractivity contribution is 0.474. The number of aromatic nitrogens is 4. The van der Waals surface area contributed by atoms with Gasteiger partial charge < -0.3 is 10.0 Å². The zero-order chi connectivity index (χ0) is 15.9. The van der Waals surface area contributed by atoms with Gasteiger partial charge in [-0.3, -0.25) is 4.68 Å². The highest BCUT2D eigenvalue weighted by molar-refractivity contribution is 5.89. The lowest BCUT2D eigenvalue weighted by atomic mass is 10.2. The summed E-state index contributed by atoms with van der Waals surface area (Å²) in [6.45, 7) is 4.49. The molecule has 6 heteroatoms. The van der Waals surface area contributed by atoms with E-state index in [2.05, 4.69) is 20.0 Å². The van der Waals surface area contributed by atoms with Gasteiger partial charge >= 0.3 is 0 Å². The number of rotatable bonds is 3. The van der Waals surface area contributed by atoms with Crippen molar-refractivity contribution in [2.75, 3.05) is 11.9 Å². The Morgan fingerprint density at radius 2 is 2.00 bits per heavy atom. The number of phenols is 1. The Labute approximate surface area is 129 Å². The van der Waals surface area contributed by atoms with E-state index in [-0.39, 0.29) is 5.75 Å². The van der Waals surface area contributed by atoms with Gasteiger partial charge in [-0.05, 0) is 31.5 Å². The molecule has 0 bridgehead atoms. The largest absolute Gasteiger partial charge is 0.508 e. The topological polar surface area (TPSA) is 67.1 Å². The SMILES string of the molecule is Cc1nc(N(C)Cc2cccc(O)c2)c2c(C)nn(C)c2n1. The second-order valence-electron chi connectivity index (χ2n) is 5.53. The number of aryl methyl sites for hydroxylation is 3. The lowest BCUT2D eigenvalue weighted by Crippen LogP contribution is -2.19. The highest BCUT2D eigenvalue weighted by atomic mass is 16.3. The maximum absolute atomic E-state index is 9.60. The summed E-state index contributed by atoms with van der Waals surface area (Å²) < 4.78 is 1.78. The zero-order valence-corrected chi connectivity index (χ0v) is 13.2. The van der Waals surface area contributed by atoms with E-state index in [0.717, 1.165) is 28.1 Å². The average molecular weight is 297 g/mol. The number of hydrogen-bond donors (Lipinski definition) is 1. The minimum Gasteiger partial charge on any atom is -0.508 e. The predicted octanol–water partition coefficient (Wildman–Crippen LogP) is 2.32. The molecular weight excluding hydrogens is 278 g/mol. The summed E-state index contributed by atoms with van der Waals surface area (Å²) in [6, 6.07) is 7.26. The number of fused-ring (bicyclic) bond motifs is 1. The molecule has 6 nitrogen and oxygen atoms in total. The number of anilines is 1. The first-order valence-corrected chi connectivity index (χ1v) is 7.12. The molecule has 0 amide bonds. The summed E-state index contributed by atoms with van der Waals surface area (Å²) >= 11 is 0. The van der Waals surface area contributed by atoms with Gasteiger partial charge in [0.1, 0.15) is 17.4 Å². The van der Waals surface area contributed by atoms with Crippen molar-refractivity contribution < 1.29 is 5.11 Å². The molecule has 0 spiro atoms. The molecule has 2 aromatic heterocycles. The van der Waals surface area contributed by atoms with E-state index in [4.69, 9.17) is 0 Å². The molecule has 0 aliphatic rings. The fourth-order valence-electron chi connectivity index (χ4n) is 2.70. The van der Waals surface area contributed by atoms with Crippen LogP contribution in [-0.2, 0) is 13.6 Å². The molecule has 3 aromatic rings. The second kappa shape index (κ2) is 5.29. The third-order valence-electron chi connectivity index (χ3n) is 3.64. The highest BCUT2D eigenvalue weighted by Gasteiger charge is 2.17. The fourth-order valence-corrected chi connectivity index (χ4v) is 2.70.